The van der Waals surface area contributed by atoms with E-state index in [1.165, 1.54) is 44.9 Å². The van der Waals surface area contributed by atoms with Crippen molar-refractivity contribution in [1.82, 2.24) is 5.32 Å². The number of anilines is 1. The molecule has 0 aromatic heterocycles. The van der Waals surface area contributed by atoms with Gasteiger partial charge in [-0.3, -0.25) is 4.79 Å². The highest BCUT2D eigenvalue weighted by Crippen LogP contribution is 2.08. The van der Waals surface area contributed by atoms with Crippen LogP contribution in [0.4, 0.5) is 5.69 Å². The molecular formula is C18H30N2O. The molecule has 118 valence electrons. The van der Waals surface area contributed by atoms with Crippen LogP contribution in [0.1, 0.15) is 63.9 Å². The first-order valence-corrected chi connectivity index (χ1v) is 8.33. The topological polar surface area (TPSA) is 55.1 Å². The summed E-state index contributed by atoms with van der Waals surface area (Å²) in [5, 5.41) is 2.99. The third-order valence-corrected chi connectivity index (χ3v) is 3.70. The molecule has 0 saturated heterocycles. The van der Waals surface area contributed by atoms with Gasteiger partial charge in [0.25, 0.3) is 0 Å². The van der Waals surface area contributed by atoms with Gasteiger partial charge in [-0.25, -0.2) is 0 Å². The molecule has 1 amide bonds. The lowest BCUT2D eigenvalue weighted by atomic mass is 10.1. The quantitative estimate of drug-likeness (QED) is 0.477. The van der Waals surface area contributed by atoms with E-state index in [1.54, 1.807) is 0 Å². The van der Waals surface area contributed by atoms with Gasteiger partial charge in [0.2, 0.25) is 5.91 Å². The summed E-state index contributed by atoms with van der Waals surface area (Å²) in [6, 6.07) is 7.48. The number of nitrogen functional groups attached to an aromatic ring is 1. The molecule has 1 rings (SSSR count). The number of nitrogens with one attached hydrogen (secondary N) is 1. The van der Waals surface area contributed by atoms with E-state index in [9.17, 15) is 4.79 Å². The minimum atomic E-state index is 0.0997. The fourth-order valence-corrected chi connectivity index (χ4v) is 2.37. The number of rotatable bonds is 11. The smallest absolute Gasteiger partial charge is 0.224 e. The Balaban J connectivity index is 1.97. The number of hydrogen-bond donors (Lipinski definition) is 2. The number of carbonyl (C=O) groups is 1. The van der Waals surface area contributed by atoms with Crippen LogP contribution in [0.15, 0.2) is 24.3 Å². The summed E-state index contributed by atoms with van der Waals surface area (Å²) in [5.74, 6) is 0.0997. The van der Waals surface area contributed by atoms with Gasteiger partial charge in [-0.15, -0.1) is 0 Å². The molecule has 0 aliphatic rings. The predicted octanol–water partition coefficient (Wildman–Crippen LogP) is 4.07. The van der Waals surface area contributed by atoms with E-state index in [1.807, 2.05) is 24.3 Å². The summed E-state index contributed by atoms with van der Waals surface area (Å²) in [6.07, 6.45) is 10.8. The molecule has 0 bridgehead atoms. The van der Waals surface area contributed by atoms with Crippen LogP contribution in [0.5, 0.6) is 0 Å². The van der Waals surface area contributed by atoms with Crippen molar-refractivity contribution in [3.05, 3.63) is 29.8 Å². The largest absolute Gasteiger partial charge is 0.399 e. The number of hydrogen-bond acceptors (Lipinski definition) is 2. The van der Waals surface area contributed by atoms with Crippen LogP contribution < -0.4 is 11.1 Å². The third kappa shape index (κ3) is 9.11. The molecule has 0 atom stereocenters. The molecule has 0 spiro atoms. The maximum absolute atomic E-state index is 11.8. The van der Waals surface area contributed by atoms with Crippen molar-refractivity contribution in [2.75, 3.05) is 12.3 Å². The summed E-state index contributed by atoms with van der Waals surface area (Å²) in [7, 11) is 0. The summed E-state index contributed by atoms with van der Waals surface area (Å²) in [5.41, 5.74) is 7.37. The molecule has 3 nitrogen and oxygen atoms in total. The zero-order valence-corrected chi connectivity index (χ0v) is 13.4. The third-order valence-electron chi connectivity index (χ3n) is 3.70. The van der Waals surface area contributed by atoms with Crippen molar-refractivity contribution >= 4 is 11.6 Å². The fraction of sp³-hybridized carbons (Fsp3) is 0.611. The summed E-state index contributed by atoms with van der Waals surface area (Å²) >= 11 is 0. The minimum absolute atomic E-state index is 0.0997. The standard InChI is InChI=1S/C18H30N2O/c1-2-3-4-5-6-7-8-9-14-20-18(21)15-16-10-12-17(19)13-11-16/h10-13H,2-9,14-15,19H2,1H3,(H,20,21). The average molecular weight is 290 g/mol. The van der Waals surface area contributed by atoms with Gasteiger partial charge in [-0.2, -0.15) is 0 Å². The summed E-state index contributed by atoms with van der Waals surface area (Å²) in [6.45, 7) is 3.04. The van der Waals surface area contributed by atoms with Gasteiger partial charge < -0.3 is 11.1 Å². The molecule has 0 radical (unpaired) electrons. The predicted molar refractivity (Wildman–Crippen MR) is 90.2 cm³/mol. The Hall–Kier alpha value is -1.51. The van der Waals surface area contributed by atoms with E-state index >= 15 is 0 Å². The summed E-state index contributed by atoms with van der Waals surface area (Å²) in [4.78, 5) is 11.8. The van der Waals surface area contributed by atoms with Gasteiger partial charge in [0.15, 0.2) is 0 Å². The van der Waals surface area contributed by atoms with Crippen LogP contribution >= 0.6 is 0 Å². The second-order valence-corrected chi connectivity index (χ2v) is 5.74. The van der Waals surface area contributed by atoms with E-state index in [-0.39, 0.29) is 5.91 Å². The van der Waals surface area contributed by atoms with E-state index in [4.69, 9.17) is 5.73 Å². The molecule has 0 saturated carbocycles. The van der Waals surface area contributed by atoms with Crippen LogP contribution in [0.3, 0.4) is 0 Å². The van der Waals surface area contributed by atoms with Crippen LogP contribution in [0.25, 0.3) is 0 Å². The molecule has 3 heteroatoms. The number of nitrogens with two attached hydrogens (primary N) is 1. The molecule has 0 unspecified atom stereocenters. The van der Waals surface area contributed by atoms with Gasteiger partial charge in [0.1, 0.15) is 0 Å². The van der Waals surface area contributed by atoms with Gasteiger partial charge in [-0.1, -0.05) is 64.0 Å². The van der Waals surface area contributed by atoms with Crippen molar-refractivity contribution < 1.29 is 4.79 Å². The van der Waals surface area contributed by atoms with Crippen LogP contribution in [0.2, 0.25) is 0 Å². The lowest BCUT2D eigenvalue weighted by molar-refractivity contribution is -0.120. The highest BCUT2D eigenvalue weighted by molar-refractivity contribution is 5.78. The van der Waals surface area contributed by atoms with E-state index in [0.29, 0.717) is 6.42 Å². The Bertz CT molecular complexity index is 387. The van der Waals surface area contributed by atoms with E-state index in [2.05, 4.69) is 12.2 Å². The first kappa shape index (κ1) is 17.5. The molecule has 1 aromatic carbocycles. The molecule has 0 aliphatic carbocycles. The zero-order chi connectivity index (χ0) is 15.3. The lowest BCUT2D eigenvalue weighted by Gasteiger charge is -2.06. The van der Waals surface area contributed by atoms with Crippen molar-refractivity contribution in [2.45, 2.75) is 64.7 Å². The fourth-order valence-electron chi connectivity index (χ4n) is 2.37. The Morgan fingerprint density at radius 1 is 0.952 bits per heavy atom. The first-order valence-electron chi connectivity index (χ1n) is 8.33. The molecule has 0 heterocycles. The highest BCUT2D eigenvalue weighted by Gasteiger charge is 2.02. The Morgan fingerprint density at radius 2 is 1.52 bits per heavy atom. The first-order chi connectivity index (χ1) is 10.2. The molecule has 1 aromatic rings. The monoisotopic (exact) mass is 290 g/mol. The molecule has 3 N–H and O–H groups in total. The normalized spacial score (nSPS) is 10.5. The van der Waals surface area contributed by atoms with Crippen molar-refractivity contribution in [1.29, 1.82) is 0 Å². The Labute approximate surface area is 129 Å². The second kappa shape index (κ2) is 11.2. The molecule has 21 heavy (non-hydrogen) atoms. The van der Waals surface area contributed by atoms with Crippen molar-refractivity contribution in [3.8, 4) is 0 Å². The number of unbranched alkanes of at least 4 members (excludes halogenated alkanes) is 7. The van der Waals surface area contributed by atoms with Gasteiger partial charge >= 0.3 is 0 Å². The van der Waals surface area contributed by atoms with E-state index in [0.717, 1.165) is 24.2 Å². The van der Waals surface area contributed by atoms with Crippen LogP contribution in [-0.4, -0.2) is 12.5 Å². The maximum atomic E-state index is 11.8. The Kier molecular flexibility index (Phi) is 9.34. The lowest BCUT2D eigenvalue weighted by Crippen LogP contribution is -2.26. The summed E-state index contributed by atoms with van der Waals surface area (Å²) < 4.78 is 0. The zero-order valence-electron chi connectivity index (χ0n) is 13.4. The van der Waals surface area contributed by atoms with Gasteiger partial charge in [0, 0.05) is 12.2 Å². The van der Waals surface area contributed by atoms with Crippen molar-refractivity contribution in [3.63, 3.8) is 0 Å². The van der Waals surface area contributed by atoms with Gasteiger partial charge in [0.05, 0.1) is 6.42 Å². The maximum Gasteiger partial charge on any atom is 0.224 e. The number of carbonyl (C=O) groups excluding carboxylic acids is 1. The molecular weight excluding hydrogens is 260 g/mol. The number of amides is 1. The van der Waals surface area contributed by atoms with Crippen LogP contribution in [-0.2, 0) is 11.2 Å². The highest BCUT2D eigenvalue weighted by atomic mass is 16.1. The second-order valence-electron chi connectivity index (χ2n) is 5.74. The molecule has 0 aliphatic heterocycles. The van der Waals surface area contributed by atoms with Crippen molar-refractivity contribution in [2.24, 2.45) is 0 Å². The number of benzene rings is 1. The molecule has 0 fully saturated rings. The van der Waals surface area contributed by atoms with Gasteiger partial charge in [-0.05, 0) is 24.1 Å². The van der Waals surface area contributed by atoms with Crippen LogP contribution in [0, 0.1) is 0 Å². The Morgan fingerprint density at radius 3 is 2.14 bits per heavy atom. The average Bonchev–Trinajstić information content (AvgIpc) is 2.48. The minimum Gasteiger partial charge on any atom is -0.399 e. The SMILES string of the molecule is CCCCCCCCCCNC(=O)Cc1ccc(N)cc1. The van der Waals surface area contributed by atoms with E-state index < -0.39 is 0 Å².